The number of hydrogen-bond donors (Lipinski definition) is 2. The molecule has 2 aromatic heterocycles. The van der Waals surface area contributed by atoms with Crippen LogP contribution in [0.25, 0.3) is 5.52 Å². The van der Waals surface area contributed by atoms with Crippen molar-refractivity contribution < 1.29 is 9.53 Å². The Labute approximate surface area is 116 Å². The number of nitrogens with one attached hydrogen (secondary N) is 1. The first kappa shape index (κ1) is 12.9. The zero-order valence-electron chi connectivity index (χ0n) is 11.4. The zero-order chi connectivity index (χ0) is 14.1. The molecule has 0 aromatic carbocycles. The van der Waals surface area contributed by atoms with Crippen molar-refractivity contribution in [3.05, 3.63) is 29.8 Å². The Kier molecular flexibility index (Phi) is 3.31. The van der Waals surface area contributed by atoms with Gasteiger partial charge in [0.2, 0.25) is 0 Å². The third kappa shape index (κ3) is 2.22. The van der Waals surface area contributed by atoms with E-state index in [1.807, 2.05) is 16.7 Å². The lowest BCUT2D eigenvalue weighted by atomic mass is 10.0. The SMILES string of the molecule is COC(=O)c1nc(CC2CCNC2)n2ccc(N)cc12. The Balaban J connectivity index is 2.05. The van der Waals surface area contributed by atoms with Crippen molar-refractivity contribution in [2.24, 2.45) is 5.92 Å². The van der Waals surface area contributed by atoms with Gasteiger partial charge in [0.1, 0.15) is 5.82 Å². The van der Waals surface area contributed by atoms with Crippen LogP contribution in [0.2, 0.25) is 0 Å². The van der Waals surface area contributed by atoms with Gasteiger partial charge < -0.3 is 20.2 Å². The number of nitrogen functional groups attached to an aromatic ring is 1. The fourth-order valence-electron chi connectivity index (χ4n) is 2.70. The summed E-state index contributed by atoms with van der Waals surface area (Å²) in [6.07, 6.45) is 3.84. The van der Waals surface area contributed by atoms with Crippen molar-refractivity contribution >= 4 is 17.2 Å². The van der Waals surface area contributed by atoms with Crippen LogP contribution >= 0.6 is 0 Å². The zero-order valence-corrected chi connectivity index (χ0v) is 11.4. The van der Waals surface area contributed by atoms with E-state index in [-0.39, 0.29) is 0 Å². The number of rotatable bonds is 3. The molecule has 3 heterocycles. The molecule has 20 heavy (non-hydrogen) atoms. The largest absolute Gasteiger partial charge is 0.464 e. The van der Waals surface area contributed by atoms with Crippen molar-refractivity contribution in [1.82, 2.24) is 14.7 Å². The second-order valence-corrected chi connectivity index (χ2v) is 5.15. The average molecular weight is 274 g/mol. The standard InChI is InChI=1S/C14H18N4O2/c1-20-14(19)13-11-7-10(15)3-5-18(11)12(17-13)6-9-2-4-16-8-9/h3,5,7,9,16H,2,4,6,8,15H2,1H3. The summed E-state index contributed by atoms with van der Waals surface area (Å²) in [6.45, 7) is 2.04. The smallest absolute Gasteiger partial charge is 0.358 e. The Morgan fingerprint density at radius 1 is 1.65 bits per heavy atom. The average Bonchev–Trinajstić information content (AvgIpc) is 3.06. The molecule has 1 unspecified atom stereocenters. The number of imidazole rings is 1. The van der Waals surface area contributed by atoms with E-state index in [1.54, 1.807) is 6.07 Å². The van der Waals surface area contributed by atoms with E-state index in [0.717, 1.165) is 31.8 Å². The van der Waals surface area contributed by atoms with E-state index >= 15 is 0 Å². The van der Waals surface area contributed by atoms with Crippen LogP contribution < -0.4 is 11.1 Å². The lowest BCUT2D eigenvalue weighted by Gasteiger charge is -2.07. The molecule has 0 saturated carbocycles. The van der Waals surface area contributed by atoms with Crippen LogP contribution in [-0.2, 0) is 11.2 Å². The molecule has 0 bridgehead atoms. The Morgan fingerprint density at radius 3 is 3.20 bits per heavy atom. The molecule has 0 radical (unpaired) electrons. The molecule has 0 spiro atoms. The molecule has 1 aliphatic rings. The van der Waals surface area contributed by atoms with Crippen molar-refractivity contribution in [1.29, 1.82) is 0 Å². The minimum atomic E-state index is -0.427. The van der Waals surface area contributed by atoms with Crippen LogP contribution in [0.4, 0.5) is 5.69 Å². The number of fused-ring (bicyclic) bond motifs is 1. The summed E-state index contributed by atoms with van der Waals surface area (Å²) in [5, 5.41) is 3.34. The fraction of sp³-hybridized carbons (Fsp3) is 0.429. The van der Waals surface area contributed by atoms with Gasteiger partial charge in [-0.2, -0.15) is 0 Å². The third-order valence-corrected chi connectivity index (χ3v) is 3.75. The summed E-state index contributed by atoms with van der Waals surface area (Å²) in [7, 11) is 1.36. The summed E-state index contributed by atoms with van der Waals surface area (Å²) in [6, 6.07) is 3.57. The van der Waals surface area contributed by atoms with Crippen LogP contribution in [0.15, 0.2) is 18.3 Å². The summed E-state index contributed by atoms with van der Waals surface area (Å²) in [4.78, 5) is 16.3. The van der Waals surface area contributed by atoms with Crippen LogP contribution in [0, 0.1) is 5.92 Å². The summed E-state index contributed by atoms with van der Waals surface area (Å²) < 4.78 is 6.73. The molecular formula is C14H18N4O2. The summed E-state index contributed by atoms with van der Waals surface area (Å²) in [5.74, 6) is 1.02. The highest BCUT2D eigenvalue weighted by Gasteiger charge is 2.22. The van der Waals surface area contributed by atoms with Crippen LogP contribution in [0.5, 0.6) is 0 Å². The maximum atomic E-state index is 11.8. The number of methoxy groups -OCH3 is 1. The van der Waals surface area contributed by atoms with Gasteiger partial charge in [-0.3, -0.25) is 0 Å². The van der Waals surface area contributed by atoms with E-state index in [9.17, 15) is 4.79 Å². The maximum Gasteiger partial charge on any atom is 0.358 e. The number of carbonyl (C=O) groups excluding carboxylic acids is 1. The molecule has 3 rings (SSSR count). The van der Waals surface area contributed by atoms with E-state index in [4.69, 9.17) is 10.5 Å². The van der Waals surface area contributed by atoms with Gasteiger partial charge in [0, 0.05) is 18.3 Å². The number of nitrogens with two attached hydrogens (primary N) is 1. The van der Waals surface area contributed by atoms with E-state index in [0.29, 0.717) is 22.8 Å². The molecule has 0 aliphatic carbocycles. The molecule has 1 saturated heterocycles. The van der Waals surface area contributed by atoms with Crippen molar-refractivity contribution in [2.45, 2.75) is 12.8 Å². The number of esters is 1. The van der Waals surface area contributed by atoms with Gasteiger partial charge in [0.05, 0.1) is 12.6 Å². The third-order valence-electron chi connectivity index (χ3n) is 3.75. The highest BCUT2D eigenvalue weighted by Crippen LogP contribution is 2.21. The second kappa shape index (κ2) is 5.13. The maximum absolute atomic E-state index is 11.8. The Hall–Kier alpha value is -2.08. The van der Waals surface area contributed by atoms with Crippen molar-refractivity contribution in [3.8, 4) is 0 Å². The quantitative estimate of drug-likeness (QED) is 0.811. The normalized spacial score (nSPS) is 18.6. The molecular weight excluding hydrogens is 256 g/mol. The van der Waals surface area contributed by atoms with E-state index < -0.39 is 5.97 Å². The highest BCUT2D eigenvalue weighted by molar-refractivity contribution is 5.95. The molecule has 0 amide bonds. The minimum Gasteiger partial charge on any atom is -0.464 e. The second-order valence-electron chi connectivity index (χ2n) is 5.15. The molecule has 1 fully saturated rings. The first-order valence-corrected chi connectivity index (χ1v) is 6.74. The number of hydrogen-bond acceptors (Lipinski definition) is 5. The molecule has 6 nitrogen and oxygen atoms in total. The van der Waals surface area contributed by atoms with Gasteiger partial charge >= 0.3 is 5.97 Å². The molecule has 1 aliphatic heterocycles. The lowest BCUT2D eigenvalue weighted by molar-refractivity contribution is 0.0597. The first-order chi connectivity index (χ1) is 9.69. The van der Waals surface area contributed by atoms with Crippen LogP contribution in [-0.4, -0.2) is 35.6 Å². The lowest BCUT2D eigenvalue weighted by Crippen LogP contribution is -2.12. The van der Waals surface area contributed by atoms with Crippen LogP contribution in [0.1, 0.15) is 22.7 Å². The topological polar surface area (TPSA) is 81.6 Å². The summed E-state index contributed by atoms with van der Waals surface area (Å²) >= 11 is 0. The molecule has 6 heteroatoms. The van der Waals surface area contributed by atoms with Gasteiger partial charge in [-0.05, 0) is 37.6 Å². The van der Waals surface area contributed by atoms with Gasteiger partial charge in [-0.25, -0.2) is 9.78 Å². The predicted octanol–water partition coefficient (Wildman–Crippen LogP) is 0.855. The molecule has 1 atom stereocenters. The van der Waals surface area contributed by atoms with E-state index in [1.165, 1.54) is 7.11 Å². The van der Waals surface area contributed by atoms with Gasteiger partial charge in [-0.1, -0.05) is 0 Å². The van der Waals surface area contributed by atoms with Crippen LogP contribution in [0.3, 0.4) is 0 Å². The molecule has 3 N–H and O–H groups in total. The Morgan fingerprint density at radius 2 is 2.50 bits per heavy atom. The van der Waals surface area contributed by atoms with Crippen molar-refractivity contribution in [2.75, 3.05) is 25.9 Å². The van der Waals surface area contributed by atoms with Gasteiger partial charge in [-0.15, -0.1) is 0 Å². The molecule has 106 valence electrons. The minimum absolute atomic E-state index is 0.334. The van der Waals surface area contributed by atoms with Crippen molar-refractivity contribution in [3.63, 3.8) is 0 Å². The monoisotopic (exact) mass is 274 g/mol. The summed E-state index contributed by atoms with van der Waals surface area (Å²) in [5.41, 5.74) is 7.45. The van der Waals surface area contributed by atoms with Gasteiger partial charge in [0.25, 0.3) is 0 Å². The molecule has 2 aromatic rings. The fourth-order valence-corrected chi connectivity index (χ4v) is 2.70. The number of nitrogens with zero attached hydrogens (tertiary/aromatic N) is 2. The number of ether oxygens (including phenoxy) is 1. The predicted molar refractivity (Wildman–Crippen MR) is 75.6 cm³/mol. The highest BCUT2D eigenvalue weighted by atomic mass is 16.5. The first-order valence-electron chi connectivity index (χ1n) is 6.74. The number of aromatic nitrogens is 2. The number of pyridine rings is 1. The van der Waals surface area contributed by atoms with E-state index in [2.05, 4.69) is 10.3 Å². The Bertz CT molecular complexity index is 644. The number of carbonyl (C=O) groups is 1. The van der Waals surface area contributed by atoms with Gasteiger partial charge in [0.15, 0.2) is 5.69 Å². The number of anilines is 1.